The van der Waals surface area contributed by atoms with Crippen LogP contribution in [0.15, 0.2) is 42.5 Å². The molecule has 0 aliphatic carbocycles. The summed E-state index contributed by atoms with van der Waals surface area (Å²) >= 11 is 1.31. The van der Waals surface area contributed by atoms with Gasteiger partial charge in [0.2, 0.25) is 0 Å². The smallest absolute Gasteiger partial charge is 0.280 e. The molecule has 3 aromatic rings. The van der Waals surface area contributed by atoms with Crippen molar-refractivity contribution in [2.45, 2.75) is 0 Å². The van der Waals surface area contributed by atoms with Crippen LogP contribution >= 0.6 is 11.3 Å². The van der Waals surface area contributed by atoms with Crippen LogP contribution < -0.4 is 15.0 Å². The number of nitrogens with one attached hydrogen (secondary N) is 1. The van der Waals surface area contributed by atoms with Crippen molar-refractivity contribution in [3.8, 4) is 5.75 Å². The number of morpholine rings is 1. The molecule has 0 unspecified atom stereocenters. The van der Waals surface area contributed by atoms with Crippen LogP contribution in [0.25, 0.3) is 10.2 Å². The molecule has 1 amide bonds. The molecule has 1 aliphatic rings. The van der Waals surface area contributed by atoms with Crippen LogP contribution in [0.3, 0.4) is 0 Å². The number of nitrogens with zero attached hydrogens (tertiary/aromatic N) is 2. The first-order valence-electron chi connectivity index (χ1n) is 9.34. The average molecular weight is 411 g/mol. The number of hydrogen-bond acceptors (Lipinski definition) is 7. The number of ether oxygens (including phenoxy) is 2. The van der Waals surface area contributed by atoms with Crippen LogP contribution in [0.5, 0.6) is 5.75 Å². The first-order valence-corrected chi connectivity index (χ1v) is 10.2. The van der Waals surface area contributed by atoms with Gasteiger partial charge in [-0.05, 0) is 12.1 Å². The van der Waals surface area contributed by atoms with E-state index in [1.54, 1.807) is 31.4 Å². The number of amides is 1. The maximum absolute atomic E-state index is 12.6. The van der Waals surface area contributed by atoms with Gasteiger partial charge in [0.15, 0.2) is 10.8 Å². The van der Waals surface area contributed by atoms with Crippen molar-refractivity contribution in [2.75, 3.05) is 44.9 Å². The summed E-state index contributed by atoms with van der Waals surface area (Å²) in [5.41, 5.74) is 2.23. The van der Waals surface area contributed by atoms with E-state index < -0.39 is 0 Å². The molecule has 0 bridgehead atoms. The number of anilines is 1. The van der Waals surface area contributed by atoms with Crippen LogP contribution in [0.4, 0.5) is 5.69 Å². The van der Waals surface area contributed by atoms with Gasteiger partial charge in [-0.15, -0.1) is 11.3 Å². The molecule has 0 atom stereocenters. The summed E-state index contributed by atoms with van der Waals surface area (Å²) in [7, 11) is 1.58. The number of ketones is 1. The molecule has 2 heterocycles. The zero-order chi connectivity index (χ0) is 20.2. The Morgan fingerprint density at radius 1 is 1.17 bits per heavy atom. The van der Waals surface area contributed by atoms with Crippen molar-refractivity contribution in [3.05, 3.63) is 53.0 Å². The first kappa shape index (κ1) is 19.4. The topological polar surface area (TPSA) is 80.8 Å². The number of hydrogen-bond donors (Lipinski definition) is 1. The molecular formula is C21H21N3O4S. The van der Waals surface area contributed by atoms with E-state index in [1.165, 1.54) is 11.3 Å². The zero-order valence-corrected chi connectivity index (χ0v) is 16.8. The zero-order valence-electron chi connectivity index (χ0n) is 16.0. The number of benzene rings is 2. The van der Waals surface area contributed by atoms with Gasteiger partial charge in [-0.2, -0.15) is 0 Å². The second-order valence-corrected chi connectivity index (χ2v) is 7.55. The van der Waals surface area contributed by atoms with E-state index in [1.807, 2.05) is 18.2 Å². The second kappa shape index (κ2) is 8.59. The maximum atomic E-state index is 12.6. The molecule has 7 nitrogen and oxygen atoms in total. The highest BCUT2D eigenvalue weighted by atomic mass is 32.1. The van der Waals surface area contributed by atoms with Gasteiger partial charge in [0.05, 0.1) is 37.3 Å². The van der Waals surface area contributed by atoms with E-state index in [9.17, 15) is 9.59 Å². The number of rotatable bonds is 6. The third-order valence-corrected chi connectivity index (χ3v) is 5.83. The molecule has 4 rings (SSSR count). The van der Waals surface area contributed by atoms with E-state index in [0.717, 1.165) is 23.5 Å². The summed E-state index contributed by atoms with van der Waals surface area (Å²) in [5, 5.41) is 2.99. The number of aromatic nitrogens is 1. The highest BCUT2D eigenvalue weighted by Gasteiger charge is 2.21. The highest BCUT2D eigenvalue weighted by Crippen LogP contribution is 2.37. The lowest BCUT2D eigenvalue weighted by atomic mass is 10.1. The number of thiazole rings is 1. The van der Waals surface area contributed by atoms with Gasteiger partial charge in [-0.25, -0.2) is 4.98 Å². The minimum atomic E-state index is -0.370. The normalized spacial score (nSPS) is 14.0. The molecule has 1 fully saturated rings. The molecular weight excluding hydrogens is 390 g/mol. The standard InChI is InChI=1S/C21H21N3O4S/c1-27-17-8-7-15(24-9-11-28-12-10-24)19-18(17)23-21(29-19)20(26)22-13-16(25)14-5-3-2-4-6-14/h2-8H,9-13H2,1H3,(H,22,26). The molecule has 8 heteroatoms. The van der Waals surface area contributed by atoms with Crippen molar-refractivity contribution >= 4 is 38.9 Å². The van der Waals surface area contributed by atoms with Crippen LogP contribution in [0.1, 0.15) is 20.2 Å². The van der Waals surface area contributed by atoms with E-state index in [2.05, 4.69) is 15.2 Å². The second-order valence-electron chi connectivity index (χ2n) is 6.55. The van der Waals surface area contributed by atoms with E-state index >= 15 is 0 Å². The molecule has 2 aromatic carbocycles. The minimum absolute atomic E-state index is 0.0772. The Morgan fingerprint density at radius 3 is 2.66 bits per heavy atom. The van der Waals surface area contributed by atoms with E-state index in [4.69, 9.17) is 9.47 Å². The molecule has 1 N–H and O–H groups in total. The molecule has 29 heavy (non-hydrogen) atoms. The van der Waals surface area contributed by atoms with Crippen molar-refractivity contribution < 1.29 is 19.1 Å². The van der Waals surface area contributed by atoms with Crippen molar-refractivity contribution in [3.63, 3.8) is 0 Å². The van der Waals surface area contributed by atoms with Gasteiger partial charge in [0.25, 0.3) is 5.91 Å². The molecule has 0 spiro atoms. The van der Waals surface area contributed by atoms with E-state index in [0.29, 0.717) is 35.1 Å². The molecule has 0 radical (unpaired) electrons. The van der Waals surface area contributed by atoms with Crippen LogP contribution in [-0.2, 0) is 4.74 Å². The average Bonchev–Trinajstić information content (AvgIpc) is 3.23. The minimum Gasteiger partial charge on any atom is -0.494 e. The molecule has 1 aromatic heterocycles. The van der Waals surface area contributed by atoms with Gasteiger partial charge in [-0.1, -0.05) is 30.3 Å². The number of fused-ring (bicyclic) bond motifs is 1. The fraction of sp³-hybridized carbons (Fsp3) is 0.286. The van der Waals surface area contributed by atoms with Gasteiger partial charge >= 0.3 is 0 Å². The summed E-state index contributed by atoms with van der Waals surface area (Å²) < 4.78 is 11.8. The van der Waals surface area contributed by atoms with Crippen LogP contribution in [0.2, 0.25) is 0 Å². The number of methoxy groups -OCH3 is 1. The fourth-order valence-corrected chi connectivity index (χ4v) is 4.29. The Kier molecular flexibility index (Phi) is 5.73. The van der Waals surface area contributed by atoms with Crippen LogP contribution in [0, 0.1) is 0 Å². The summed E-state index contributed by atoms with van der Waals surface area (Å²) in [5.74, 6) is 0.102. The van der Waals surface area contributed by atoms with Gasteiger partial charge < -0.3 is 19.7 Å². The SMILES string of the molecule is COc1ccc(N2CCOCC2)c2sc(C(=O)NCC(=O)c3ccccc3)nc12. The van der Waals surface area contributed by atoms with Gasteiger partial charge in [-0.3, -0.25) is 9.59 Å². The molecule has 1 saturated heterocycles. The lowest BCUT2D eigenvalue weighted by molar-refractivity contribution is 0.0904. The van der Waals surface area contributed by atoms with Crippen molar-refractivity contribution in [2.24, 2.45) is 0 Å². The highest BCUT2D eigenvalue weighted by molar-refractivity contribution is 7.21. The Bertz CT molecular complexity index is 1030. The predicted octanol–water partition coefficient (Wildman–Crippen LogP) is 2.75. The summed E-state index contributed by atoms with van der Waals surface area (Å²) in [6.45, 7) is 2.83. The van der Waals surface area contributed by atoms with Crippen LogP contribution in [-0.4, -0.2) is 56.6 Å². The van der Waals surface area contributed by atoms with Crippen molar-refractivity contribution in [1.29, 1.82) is 0 Å². The number of carbonyl (C=O) groups excluding carboxylic acids is 2. The first-order chi connectivity index (χ1) is 14.2. The van der Waals surface area contributed by atoms with Gasteiger partial charge in [0, 0.05) is 18.7 Å². The quantitative estimate of drug-likeness (QED) is 0.629. The Hall–Kier alpha value is -2.97. The molecule has 0 saturated carbocycles. The lowest BCUT2D eigenvalue weighted by Crippen LogP contribution is -2.36. The monoisotopic (exact) mass is 411 g/mol. The Morgan fingerprint density at radius 2 is 1.93 bits per heavy atom. The summed E-state index contributed by atoms with van der Waals surface area (Å²) in [4.78, 5) is 31.6. The molecule has 150 valence electrons. The number of Topliss-reactive ketones (excluding diaryl/α,β-unsaturated/α-hetero) is 1. The summed E-state index contributed by atoms with van der Waals surface area (Å²) in [6.07, 6.45) is 0. The van der Waals surface area contributed by atoms with Crippen molar-refractivity contribution in [1.82, 2.24) is 10.3 Å². The third-order valence-electron chi connectivity index (χ3n) is 4.76. The third kappa shape index (κ3) is 4.08. The summed E-state index contributed by atoms with van der Waals surface area (Å²) in [6, 6.07) is 12.7. The van der Waals surface area contributed by atoms with E-state index in [-0.39, 0.29) is 18.2 Å². The predicted molar refractivity (Wildman–Crippen MR) is 112 cm³/mol. The maximum Gasteiger partial charge on any atom is 0.280 e. The lowest BCUT2D eigenvalue weighted by Gasteiger charge is -2.29. The Labute approximate surface area is 172 Å². The fourth-order valence-electron chi connectivity index (χ4n) is 3.25. The molecule has 1 aliphatic heterocycles. The van der Waals surface area contributed by atoms with Gasteiger partial charge in [0.1, 0.15) is 11.3 Å². The Balaban J connectivity index is 1.57. The number of carbonyl (C=O) groups is 2. The largest absolute Gasteiger partial charge is 0.494 e.